The van der Waals surface area contributed by atoms with Crippen molar-refractivity contribution in [1.82, 2.24) is 10.2 Å². The van der Waals surface area contributed by atoms with Gasteiger partial charge in [0.1, 0.15) is 0 Å². The molecular weight excluding hydrogens is 228 g/mol. The second kappa shape index (κ2) is 6.38. The maximum Gasteiger partial charge on any atom is 0.188 e. The van der Waals surface area contributed by atoms with Crippen molar-refractivity contribution < 1.29 is 4.74 Å². The summed E-state index contributed by atoms with van der Waals surface area (Å²) in [5.41, 5.74) is 5.82. The van der Waals surface area contributed by atoms with E-state index < -0.39 is 0 Å². The number of rotatable bonds is 5. The average Bonchev–Trinajstić information content (AvgIpc) is 3.10. The molecule has 104 valence electrons. The molecule has 5 heteroatoms. The molecule has 3 N–H and O–H groups in total. The number of ether oxygens (including phenoxy) is 1. The molecule has 0 aromatic carbocycles. The highest BCUT2D eigenvalue weighted by Crippen LogP contribution is 2.18. The van der Waals surface area contributed by atoms with E-state index in [1.807, 2.05) is 0 Å². The predicted molar refractivity (Wildman–Crippen MR) is 73.7 cm³/mol. The summed E-state index contributed by atoms with van der Waals surface area (Å²) in [7, 11) is 0. The van der Waals surface area contributed by atoms with Crippen LogP contribution in [0, 0.1) is 5.92 Å². The van der Waals surface area contributed by atoms with Crippen molar-refractivity contribution in [2.75, 3.05) is 32.8 Å². The van der Waals surface area contributed by atoms with Gasteiger partial charge in [-0.15, -0.1) is 0 Å². The number of nitrogens with two attached hydrogens (primary N) is 1. The van der Waals surface area contributed by atoms with Crippen molar-refractivity contribution in [2.24, 2.45) is 16.6 Å². The summed E-state index contributed by atoms with van der Waals surface area (Å²) < 4.78 is 5.73. The fourth-order valence-electron chi connectivity index (χ4n) is 2.26. The lowest BCUT2D eigenvalue weighted by Gasteiger charge is -2.33. The van der Waals surface area contributed by atoms with Crippen LogP contribution in [-0.2, 0) is 4.74 Å². The van der Waals surface area contributed by atoms with E-state index in [0.29, 0.717) is 24.5 Å². The van der Waals surface area contributed by atoms with Crippen molar-refractivity contribution in [3.8, 4) is 0 Å². The van der Waals surface area contributed by atoms with Crippen molar-refractivity contribution >= 4 is 5.96 Å². The summed E-state index contributed by atoms with van der Waals surface area (Å²) in [5, 5.41) is 3.20. The quantitative estimate of drug-likeness (QED) is 0.551. The maximum absolute atomic E-state index is 5.82. The van der Waals surface area contributed by atoms with Gasteiger partial charge in [-0.25, -0.2) is 0 Å². The molecule has 0 aromatic rings. The minimum Gasteiger partial charge on any atom is -0.374 e. The van der Waals surface area contributed by atoms with E-state index in [2.05, 4.69) is 29.1 Å². The molecule has 18 heavy (non-hydrogen) atoms. The number of guanidine groups is 1. The molecule has 0 aromatic heterocycles. The topological polar surface area (TPSA) is 62.9 Å². The highest BCUT2D eigenvalue weighted by molar-refractivity contribution is 5.78. The molecule has 0 bridgehead atoms. The molecule has 1 unspecified atom stereocenters. The van der Waals surface area contributed by atoms with Crippen LogP contribution in [0.25, 0.3) is 0 Å². The number of hydrogen-bond acceptors (Lipinski definition) is 3. The number of hydrogen-bond donors (Lipinski definition) is 2. The van der Waals surface area contributed by atoms with Gasteiger partial charge < -0.3 is 15.8 Å². The third kappa shape index (κ3) is 4.82. The first-order chi connectivity index (χ1) is 8.63. The van der Waals surface area contributed by atoms with E-state index in [1.54, 1.807) is 0 Å². The summed E-state index contributed by atoms with van der Waals surface area (Å²) in [6, 6.07) is 0.568. The van der Waals surface area contributed by atoms with E-state index in [1.165, 1.54) is 12.8 Å². The predicted octanol–water partition coefficient (Wildman–Crippen LogP) is 0.410. The smallest absolute Gasteiger partial charge is 0.188 e. The van der Waals surface area contributed by atoms with Crippen LogP contribution < -0.4 is 11.1 Å². The third-order valence-corrected chi connectivity index (χ3v) is 3.24. The third-order valence-electron chi connectivity index (χ3n) is 3.24. The Bertz CT molecular complexity index is 289. The van der Waals surface area contributed by atoms with Gasteiger partial charge in [-0.1, -0.05) is 13.8 Å². The number of aliphatic imine (C=N–C) groups is 1. The van der Waals surface area contributed by atoms with Crippen LogP contribution in [0.1, 0.15) is 26.7 Å². The summed E-state index contributed by atoms with van der Waals surface area (Å²) in [6.07, 6.45) is 2.63. The van der Waals surface area contributed by atoms with Gasteiger partial charge in [0.15, 0.2) is 5.96 Å². The first-order valence-corrected chi connectivity index (χ1v) is 7.04. The molecule has 2 fully saturated rings. The largest absolute Gasteiger partial charge is 0.374 e. The Balaban J connectivity index is 1.71. The monoisotopic (exact) mass is 254 g/mol. The molecule has 0 spiro atoms. The standard InChI is InChI=1S/C13H26N4O/c1-10(2)8-17-5-6-18-12(9-17)7-15-13(14)16-11-3-4-11/h10-12H,3-9H2,1-2H3,(H3,14,15,16). The first-order valence-electron chi connectivity index (χ1n) is 7.04. The zero-order chi connectivity index (χ0) is 13.0. The van der Waals surface area contributed by atoms with E-state index in [9.17, 15) is 0 Å². The molecule has 2 aliphatic rings. The molecule has 1 aliphatic carbocycles. The van der Waals surface area contributed by atoms with Gasteiger partial charge in [0, 0.05) is 25.7 Å². The Morgan fingerprint density at radius 3 is 2.94 bits per heavy atom. The Hall–Kier alpha value is -0.810. The van der Waals surface area contributed by atoms with Crippen molar-refractivity contribution in [3.63, 3.8) is 0 Å². The minimum atomic E-state index is 0.192. The fraction of sp³-hybridized carbons (Fsp3) is 0.923. The van der Waals surface area contributed by atoms with Gasteiger partial charge in [0.25, 0.3) is 0 Å². The molecule has 1 saturated heterocycles. The second-order valence-electron chi connectivity index (χ2n) is 5.79. The summed E-state index contributed by atoms with van der Waals surface area (Å²) in [4.78, 5) is 6.83. The van der Waals surface area contributed by atoms with E-state index in [-0.39, 0.29) is 6.10 Å². The van der Waals surface area contributed by atoms with Gasteiger partial charge in [-0.3, -0.25) is 9.89 Å². The van der Waals surface area contributed by atoms with Crippen LogP contribution in [0.2, 0.25) is 0 Å². The lowest BCUT2D eigenvalue weighted by Crippen LogP contribution is -2.45. The van der Waals surface area contributed by atoms with Crippen LogP contribution in [0.5, 0.6) is 0 Å². The molecule has 0 amide bonds. The summed E-state index contributed by atoms with van der Waals surface area (Å²) in [5.74, 6) is 1.27. The van der Waals surface area contributed by atoms with Gasteiger partial charge in [-0.2, -0.15) is 0 Å². The normalized spacial score (nSPS) is 26.6. The Labute approximate surface area is 110 Å². The zero-order valence-corrected chi connectivity index (χ0v) is 11.6. The number of nitrogens with zero attached hydrogens (tertiary/aromatic N) is 2. The van der Waals surface area contributed by atoms with Crippen LogP contribution in [0.15, 0.2) is 4.99 Å². The molecule has 1 heterocycles. The molecule has 0 radical (unpaired) electrons. The Morgan fingerprint density at radius 2 is 2.28 bits per heavy atom. The molecule has 1 saturated carbocycles. The van der Waals surface area contributed by atoms with E-state index in [0.717, 1.165) is 26.2 Å². The van der Waals surface area contributed by atoms with Gasteiger partial charge in [0.2, 0.25) is 0 Å². The first kappa shape index (κ1) is 13.6. The van der Waals surface area contributed by atoms with Crippen LogP contribution in [-0.4, -0.2) is 55.8 Å². The zero-order valence-electron chi connectivity index (χ0n) is 11.6. The van der Waals surface area contributed by atoms with Crippen LogP contribution in [0.4, 0.5) is 0 Å². The highest BCUT2D eigenvalue weighted by Gasteiger charge is 2.23. The van der Waals surface area contributed by atoms with Gasteiger partial charge in [0.05, 0.1) is 19.3 Å². The van der Waals surface area contributed by atoms with E-state index >= 15 is 0 Å². The van der Waals surface area contributed by atoms with Crippen LogP contribution >= 0.6 is 0 Å². The molecule has 1 aliphatic heterocycles. The molecule has 5 nitrogen and oxygen atoms in total. The molecule has 2 rings (SSSR count). The second-order valence-corrected chi connectivity index (χ2v) is 5.79. The molecule has 1 atom stereocenters. The number of morpholine rings is 1. The fourth-order valence-corrected chi connectivity index (χ4v) is 2.26. The van der Waals surface area contributed by atoms with Crippen LogP contribution in [0.3, 0.4) is 0 Å². The highest BCUT2D eigenvalue weighted by atomic mass is 16.5. The maximum atomic E-state index is 5.82. The summed E-state index contributed by atoms with van der Waals surface area (Å²) >= 11 is 0. The Kier molecular flexibility index (Phi) is 4.83. The van der Waals surface area contributed by atoms with Crippen molar-refractivity contribution in [3.05, 3.63) is 0 Å². The lowest BCUT2D eigenvalue weighted by atomic mass is 10.2. The van der Waals surface area contributed by atoms with E-state index in [4.69, 9.17) is 10.5 Å². The lowest BCUT2D eigenvalue weighted by molar-refractivity contribution is -0.0261. The van der Waals surface area contributed by atoms with Crippen molar-refractivity contribution in [2.45, 2.75) is 38.8 Å². The minimum absolute atomic E-state index is 0.192. The number of nitrogens with one attached hydrogen (secondary N) is 1. The van der Waals surface area contributed by atoms with Crippen molar-refractivity contribution in [1.29, 1.82) is 0 Å². The molecular formula is C13H26N4O. The Morgan fingerprint density at radius 1 is 1.50 bits per heavy atom. The SMILES string of the molecule is CC(C)CN1CCOC(CN=C(N)NC2CC2)C1. The summed E-state index contributed by atoms with van der Waals surface area (Å²) in [6.45, 7) is 9.12. The van der Waals surface area contributed by atoms with Gasteiger partial charge >= 0.3 is 0 Å². The van der Waals surface area contributed by atoms with Gasteiger partial charge in [-0.05, 0) is 18.8 Å². The average molecular weight is 254 g/mol.